The molecule has 0 aliphatic rings. The molecular weight excluding hydrogens is 622 g/mol. The molecule has 3 rings (SSSR count). The van der Waals surface area contributed by atoms with E-state index < -0.39 is 42.3 Å². The lowest BCUT2D eigenvalue weighted by Gasteiger charge is -2.19. The molecule has 3 aromatic rings. The van der Waals surface area contributed by atoms with Crippen LogP contribution in [0.5, 0.6) is 11.5 Å². The summed E-state index contributed by atoms with van der Waals surface area (Å²) in [5.74, 6) is -2.14. The summed E-state index contributed by atoms with van der Waals surface area (Å²) in [4.78, 5) is 20.9. The van der Waals surface area contributed by atoms with E-state index in [4.69, 9.17) is 20.4 Å². The Hall–Kier alpha value is -3.69. The Kier molecular flexibility index (Phi) is 12.5. The van der Waals surface area contributed by atoms with Crippen molar-refractivity contribution >= 4 is 44.1 Å². The number of aromatic hydroxyl groups is 1. The predicted molar refractivity (Wildman–Crippen MR) is 162 cm³/mol. The number of carbonyl (C=O) groups is 1. The monoisotopic (exact) mass is 655 g/mol. The van der Waals surface area contributed by atoms with Gasteiger partial charge in [0, 0.05) is 36.4 Å². The molecule has 43 heavy (non-hydrogen) atoms. The number of amidine groups is 1. The summed E-state index contributed by atoms with van der Waals surface area (Å²) in [6, 6.07) is 13.8. The third-order valence-corrected chi connectivity index (χ3v) is 8.89. The van der Waals surface area contributed by atoms with E-state index in [1.807, 2.05) is 19.1 Å². The van der Waals surface area contributed by atoms with Crippen LogP contribution in [0.1, 0.15) is 43.4 Å². The SMILES string of the molecule is CCCCc1ccccc1-c1ccc(CCNS(=O)(=O)c2cc(C(=N)NO)ccc2O)c(OOC(C)=O)c1S(C)(=O)=O.Cl. The van der Waals surface area contributed by atoms with Gasteiger partial charge in [0.2, 0.25) is 15.8 Å². The average Bonchev–Trinajstić information content (AvgIpc) is 2.94. The first-order valence-corrected chi connectivity index (χ1v) is 16.3. The van der Waals surface area contributed by atoms with Crippen molar-refractivity contribution in [3.8, 4) is 22.6 Å². The van der Waals surface area contributed by atoms with Gasteiger partial charge in [0.05, 0.1) is 0 Å². The van der Waals surface area contributed by atoms with Gasteiger partial charge in [0.1, 0.15) is 21.4 Å². The molecule has 0 saturated carbocycles. The first kappa shape index (κ1) is 35.5. The maximum absolute atomic E-state index is 13.1. The summed E-state index contributed by atoms with van der Waals surface area (Å²) in [6.07, 6.45) is 3.44. The Morgan fingerprint density at radius 3 is 2.30 bits per heavy atom. The van der Waals surface area contributed by atoms with Gasteiger partial charge < -0.3 is 5.11 Å². The van der Waals surface area contributed by atoms with Crippen LogP contribution in [0.25, 0.3) is 11.1 Å². The van der Waals surface area contributed by atoms with Gasteiger partial charge in [-0.3, -0.25) is 25.9 Å². The number of hydroxylamine groups is 1. The summed E-state index contributed by atoms with van der Waals surface area (Å²) >= 11 is 0. The minimum Gasteiger partial charge on any atom is -0.507 e. The highest BCUT2D eigenvalue weighted by Gasteiger charge is 2.27. The Morgan fingerprint density at radius 2 is 1.67 bits per heavy atom. The number of rotatable bonds is 13. The van der Waals surface area contributed by atoms with Gasteiger partial charge in [-0.1, -0.05) is 49.7 Å². The van der Waals surface area contributed by atoms with Crippen molar-refractivity contribution in [2.24, 2.45) is 0 Å². The van der Waals surface area contributed by atoms with E-state index in [1.165, 1.54) is 6.07 Å². The highest BCUT2D eigenvalue weighted by atomic mass is 35.5. The largest absolute Gasteiger partial charge is 0.507 e. The molecule has 0 spiro atoms. The standard InChI is InChI=1S/C28H33N3O9S2.ClH/c1-4-5-8-19-9-6-7-10-22(19)23-13-11-20(26(40-39-18(2)32)27(23)41(3,35)36)15-16-30-42(37,38)25-17-21(28(29)31-34)12-14-24(25)33;/h6-7,9-14,17,30,33-34H,4-5,8,15-16H2,1-3H3,(H2,29,31);1H. The lowest BCUT2D eigenvalue weighted by molar-refractivity contribution is -0.212. The number of unbranched alkanes of at least 4 members (excludes halogenated alkanes) is 1. The van der Waals surface area contributed by atoms with E-state index in [9.17, 15) is 26.7 Å². The number of benzene rings is 3. The fraction of sp³-hybridized carbons (Fsp3) is 0.286. The Balaban J connectivity index is 0.00000645. The molecule has 0 bridgehead atoms. The van der Waals surface area contributed by atoms with E-state index in [1.54, 1.807) is 29.7 Å². The lowest BCUT2D eigenvalue weighted by Crippen LogP contribution is -2.27. The molecule has 12 nitrogen and oxygen atoms in total. The molecule has 0 fully saturated rings. The van der Waals surface area contributed by atoms with Crippen molar-refractivity contribution in [3.05, 3.63) is 71.3 Å². The molecule has 0 aliphatic heterocycles. The van der Waals surface area contributed by atoms with Gasteiger partial charge in [-0.15, -0.1) is 12.4 Å². The van der Waals surface area contributed by atoms with E-state index >= 15 is 0 Å². The maximum atomic E-state index is 13.1. The first-order chi connectivity index (χ1) is 19.8. The molecule has 0 saturated heterocycles. The number of hydrogen-bond donors (Lipinski definition) is 5. The summed E-state index contributed by atoms with van der Waals surface area (Å²) < 4.78 is 54.5. The zero-order chi connectivity index (χ0) is 31.1. The van der Waals surface area contributed by atoms with Gasteiger partial charge in [-0.2, -0.15) is 0 Å². The molecule has 0 heterocycles. The third-order valence-electron chi connectivity index (χ3n) is 6.25. The van der Waals surface area contributed by atoms with E-state index in [2.05, 4.69) is 4.72 Å². The topological polar surface area (TPSA) is 192 Å². The van der Waals surface area contributed by atoms with Crippen molar-refractivity contribution in [2.45, 2.75) is 49.3 Å². The third kappa shape index (κ3) is 8.91. The summed E-state index contributed by atoms with van der Waals surface area (Å²) in [7, 11) is -8.29. The molecule has 3 aromatic carbocycles. The molecule has 0 radical (unpaired) electrons. The van der Waals surface area contributed by atoms with Gasteiger partial charge in [-0.25, -0.2) is 26.4 Å². The van der Waals surface area contributed by atoms with Crippen LogP contribution < -0.4 is 15.1 Å². The van der Waals surface area contributed by atoms with Crippen molar-refractivity contribution < 1.29 is 41.7 Å². The highest BCUT2D eigenvalue weighted by Crippen LogP contribution is 2.39. The van der Waals surface area contributed by atoms with Crippen LogP contribution in [0.15, 0.2) is 64.4 Å². The highest BCUT2D eigenvalue weighted by molar-refractivity contribution is 7.91. The fourth-order valence-electron chi connectivity index (χ4n) is 4.29. The molecule has 15 heteroatoms. The van der Waals surface area contributed by atoms with Crippen LogP contribution in [-0.4, -0.2) is 51.8 Å². The van der Waals surface area contributed by atoms with Gasteiger partial charge in [-0.05, 0) is 48.6 Å². The molecule has 0 unspecified atom stereocenters. The number of nitrogens with one attached hydrogen (secondary N) is 3. The Labute approximate surface area is 256 Å². The normalized spacial score (nSPS) is 11.3. The summed E-state index contributed by atoms with van der Waals surface area (Å²) in [5.41, 5.74) is 3.78. The second-order valence-corrected chi connectivity index (χ2v) is 13.1. The number of phenols is 1. The van der Waals surface area contributed by atoms with Crippen molar-refractivity contribution in [1.29, 1.82) is 5.41 Å². The van der Waals surface area contributed by atoms with Crippen LogP contribution >= 0.6 is 12.4 Å². The number of carbonyl (C=O) groups excluding carboxylic acids is 1. The van der Waals surface area contributed by atoms with Crippen LogP contribution in [0.2, 0.25) is 0 Å². The molecule has 0 amide bonds. The van der Waals surface area contributed by atoms with Crippen LogP contribution in [-0.2, 0) is 42.4 Å². The number of aryl methyl sites for hydroxylation is 1. The quantitative estimate of drug-likeness (QED) is 0.0780. The minimum absolute atomic E-state index is 0. The molecular formula is C28H34ClN3O9S2. The second-order valence-electron chi connectivity index (χ2n) is 9.44. The molecule has 234 valence electrons. The Morgan fingerprint density at radius 1 is 0.977 bits per heavy atom. The maximum Gasteiger partial charge on any atom is 0.352 e. The van der Waals surface area contributed by atoms with Gasteiger partial charge >= 0.3 is 5.97 Å². The number of sulfone groups is 1. The smallest absolute Gasteiger partial charge is 0.352 e. The summed E-state index contributed by atoms with van der Waals surface area (Å²) in [6.45, 7) is 2.87. The molecule has 0 aromatic heterocycles. The zero-order valence-corrected chi connectivity index (χ0v) is 26.2. The van der Waals surface area contributed by atoms with Gasteiger partial charge in [0.15, 0.2) is 9.84 Å². The van der Waals surface area contributed by atoms with Crippen LogP contribution in [0, 0.1) is 5.41 Å². The van der Waals surface area contributed by atoms with Gasteiger partial charge in [0.25, 0.3) is 0 Å². The molecule has 0 atom stereocenters. The number of sulfonamides is 1. The molecule has 5 N–H and O–H groups in total. The number of phenolic OH excluding ortho intramolecular Hbond substituents is 1. The van der Waals surface area contributed by atoms with Crippen molar-refractivity contribution in [2.75, 3.05) is 12.8 Å². The van der Waals surface area contributed by atoms with Crippen molar-refractivity contribution in [3.63, 3.8) is 0 Å². The van der Waals surface area contributed by atoms with E-state index in [-0.39, 0.29) is 47.1 Å². The van der Waals surface area contributed by atoms with E-state index in [0.29, 0.717) is 17.5 Å². The predicted octanol–water partition coefficient (Wildman–Crippen LogP) is 3.91. The van der Waals surface area contributed by atoms with Crippen molar-refractivity contribution in [1.82, 2.24) is 10.2 Å². The summed E-state index contributed by atoms with van der Waals surface area (Å²) in [5, 5.41) is 26.7. The zero-order valence-electron chi connectivity index (χ0n) is 23.7. The second kappa shape index (κ2) is 15.2. The number of hydrogen-bond acceptors (Lipinski definition) is 10. The minimum atomic E-state index is -4.32. The first-order valence-electron chi connectivity index (χ1n) is 12.9. The fourth-order valence-corrected chi connectivity index (χ4v) is 6.52. The average molecular weight is 656 g/mol. The van der Waals surface area contributed by atoms with Crippen LogP contribution in [0.4, 0.5) is 0 Å². The molecule has 0 aliphatic carbocycles. The lowest BCUT2D eigenvalue weighted by atomic mass is 9.94. The number of halogens is 1. The Bertz CT molecular complexity index is 1700. The van der Waals surface area contributed by atoms with Crippen LogP contribution in [0.3, 0.4) is 0 Å². The van der Waals surface area contributed by atoms with E-state index in [0.717, 1.165) is 43.7 Å².